The largest absolute Gasteiger partial charge is 0.336 e. The van der Waals surface area contributed by atoms with Gasteiger partial charge in [0.05, 0.1) is 0 Å². The Hall–Kier alpha value is -0.480. The van der Waals surface area contributed by atoms with Crippen LogP contribution in [0.1, 0.15) is 24.2 Å². The smallest absolute Gasteiger partial charge is 0.253 e. The Labute approximate surface area is 115 Å². The summed E-state index contributed by atoms with van der Waals surface area (Å²) in [5.74, 6) is 0.150. The molecule has 1 aromatic rings. The first-order valence-electron chi connectivity index (χ1n) is 5.76. The van der Waals surface area contributed by atoms with Gasteiger partial charge in [-0.3, -0.25) is 4.79 Å². The maximum Gasteiger partial charge on any atom is 0.253 e. The molecule has 0 saturated carbocycles. The van der Waals surface area contributed by atoms with Crippen LogP contribution in [0.5, 0.6) is 0 Å². The molecule has 1 amide bonds. The lowest BCUT2D eigenvalue weighted by molar-refractivity contribution is 0.0753. The van der Waals surface area contributed by atoms with Crippen molar-refractivity contribution < 1.29 is 4.79 Å². The van der Waals surface area contributed by atoms with Crippen molar-refractivity contribution in [1.82, 2.24) is 4.90 Å². The van der Waals surface area contributed by atoms with Crippen LogP contribution in [0.4, 0.5) is 0 Å². The first kappa shape index (κ1) is 13.0. The van der Waals surface area contributed by atoms with Gasteiger partial charge in [-0.15, -0.1) is 0 Å². The molecule has 1 heterocycles. The highest BCUT2D eigenvalue weighted by molar-refractivity contribution is 9.10. The number of carbonyl (C=O) groups is 1. The first-order chi connectivity index (χ1) is 8.06. The Morgan fingerprint density at radius 3 is 2.29 bits per heavy atom. The number of nitrogens with zero attached hydrogens (tertiary/aromatic N) is 1. The van der Waals surface area contributed by atoms with Crippen LogP contribution in [0.15, 0.2) is 28.7 Å². The molecule has 92 valence electrons. The molecular weight excluding hydrogens is 298 g/mol. The highest BCUT2D eigenvalue weighted by atomic mass is 79.9. The van der Waals surface area contributed by atoms with E-state index in [0.717, 1.165) is 23.1 Å². The third-order valence-electron chi connectivity index (χ3n) is 2.80. The number of thioether (sulfide) groups is 1. The van der Waals surface area contributed by atoms with Gasteiger partial charge in [0, 0.05) is 33.6 Å². The maximum atomic E-state index is 12.3. The van der Waals surface area contributed by atoms with Crippen molar-refractivity contribution >= 4 is 33.6 Å². The molecule has 0 aromatic heterocycles. The lowest BCUT2D eigenvalue weighted by Gasteiger charge is -2.34. The second-order valence-electron chi connectivity index (χ2n) is 4.47. The summed E-state index contributed by atoms with van der Waals surface area (Å²) in [6.07, 6.45) is 0. The fourth-order valence-electron chi connectivity index (χ4n) is 2.12. The molecule has 2 atom stereocenters. The van der Waals surface area contributed by atoms with Crippen molar-refractivity contribution in [2.75, 3.05) is 13.1 Å². The summed E-state index contributed by atoms with van der Waals surface area (Å²) >= 11 is 5.34. The predicted molar refractivity (Wildman–Crippen MR) is 76.6 cm³/mol. The van der Waals surface area contributed by atoms with E-state index in [-0.39, 0.29) is 5.91 Å². The summed E-state index contributed by atoms with van der Waals surface area (Å²) in [5, 5.41) is 1.05. The van der Waals surface area contributed by atoms with Crippen molar-refractivity contribution in [3.05, 3.63) is 34.3 Å². The summed E-state index contributed by atoms with van der Waals surface area (Å²) in [6, 6.07) is 7.59. The number of benzene rings is 1. The number of hydrogen-bond donors (Lipinski definition) is 0. The molecule has 1 fully saturated rings. The predicted octanol–water partition coefficient (Wildman–Crippen LogP) is 3.42. The van der Waals surface area contributed by atoms with E-state index in [1.54, 1.807) is 0 Å². The molecule has 17 heavy (non-hydrogen) atoms. The molecule has 0 aliphatic carbocycles. The number of hydrogen-bond acceptors (Lipinski definition) is 2. The lowest BCUT2D eigenvalue weighted by Crippen LogP contribution is -2.44. The van der Waals surface area contributed by atoms with Gasteiger partial charge < -0.3 is 4.90 Å². The monoisotopic (exact) mass is 313 g/mol. The van der Waals surface area contributed by atoms with Crippen LogP contribution < -0.4 is 0 Å². The van der Waals surface area contributed by atoms with Crippen LogP contribution in [-0.2, 0) is 0 Å². The Kier molecular flexibility index (Phi) is 4.15. The molecular formula is C13H16BrNOS. The SMILES string of the molecule is CC1CN(C(=O)c2ccc(Br)cc2)CC(C)S1. The van der Waals surface area contributed by atoms with Crippen molar-refractivity contribution in [1.29, 1.82) is 0 Å². The van der Waals surface area contributed by atoms with Crippen molar-refractivity contribution in [3.8, 4) is 0 Å². The van der Waals surface area contributed by atoms with Crippen LogP contribution in [0, 0.1) is 0 Å². The van der Waals surface area contributed by atoms with E-state index in [9.17, 15) is 4.79 Å². The van der Waals surface area contributed by atoms with E-state index in [1.165, 1.54) is 0 Å². The Bertz CT molecular complexity index is 396. The Morgan fingerprint density at radius 1 is 1.24 bits per heavy atom. The number of halogens is 1. The van der Waals surface area contributed by atoms with E-state index >= 15 is 0 Å². The summed E-state index contributed by atoms with van der Waals surface area (Å²) in [4.78, 5) is 14.3. The minimum atomic E-state index is 0.150. The zero-order valence-electron chi connectivity index (χ0n) is 10.0. The van der Waals surface area contributed by atoms with Gasteiger partial charge in [-0.2, -0.15) is 11.8 Å². The van der Waals surface area contributed by atoms with Gasteiger partial charge in [0.1, 0.15) is 0 Å². The van der Waals surface area contributed by atoms with Gasteiger partial charge in [-0.05, 0) is 24.3 Å². The van der Waals surface area contributed by atoms with Gasteiger partial charge in [0.15, 0.2) is 0 Å². The highest BCUT2D eigenvalue weighted by Crippen LogP contribution is 2.25. The first-order valence-corrected chi connectivity index (χ1v) is 7.50. The standard InChI is InChI=1S/C13H16BrNOS/c1-9-7-15(8-10(2)17-9)13(16)11-3-5-12(14)6-4-11/h3-6,9-10H,7-8H2,1-2H3. The van der Waals surface area contributed by atoms with E-state index in [4.69, 9.17) is 0 Å². The lowest BCUT2D eigenvalue weighted by atomic mass is 10.2. The molecule has 1 saturated heterocycles. The molecule has 1 aliphatic rings. The summed E-state index contributed by atoms with van der Waals surface area (Å²) in [7, 11) is 0. The molecule has 0 bridgehead atoms. The minimum Gasteiger partial charge on any atom is -0.336 e. The molecule has 2 unspecified atom stereocenters. The summed E-state index contributed by atoms with van der Waals surface area (Å²) < 4.78 is 1.00. The van der Waals surface area contributed by atoms with Crippen molar-refractivity contribution in [3.63, 3.8) is 0 Å². The molecule has 1 aromatic carbocycles. The summed E-state index contributed by atoms with van der Waals surface area (Å²) in [6.45, 7) is 6.07. The molecule has 4 heteroatoms. The third kappa shape index (κ3) is 3.26. The van der Waals surface area contributed by atoms with Gasteiger partial charge in [-0.1, -0.05) is 29.8 Å². The second-order valence-corrected chi connectivity index (χ2v) is 7.27. The fourth-order valence-corrected chi connectivity index (χ4v) is 3.71. The van der Waals surface area contributed by atoms with Crippen LogP contribution in [0.2, 0.25) is 0 Å². The van der Waals surface area contributed by atoms with Crippen LogP contribution in [0.25, 0.3) is 0 Å². The van der Waals surface area contributed by atoms with Crippen LogP contribution in [-0.4, -0.2) is 34.4 Å². The minimum absolute atomic E-state index is 0.150. The Morgan fingerprint density at radius 2 is 1.76 bits per heavy atom. The number of amides is 1. The Balaban J connectivity index is 2.11. The molecule has 0 radical (unpaired) electrons. The van der Waals surface area contributed by atoms with Crippen LogP contribution >= 0.6 is 27.7 Å². The summed E-state index contributed by atoms with van der Waals surface area (Å²) in [5.41, 5.74) is 0.777. The van der Waals surface area contributed by atoms with E-state index in [0.29, 0.717) is 10.5 Å². The zero-order valence-corrected chi connectivity index (χ0v) is 12.4. The van der Waals surface area contributed by atoms with Crippen molar-refractivity contribution in [2.45, 2.75) is 24.3 Å². The maximum absolute atomic E-state index is 12.3. The molecule has 1 aliphatic heterocycles. The van der Waals surface area contributed by atoms with Gasteiger partial charge in [-0.25, -0.2) is 0 Å². The quantitative estimate of drug-likeness (QED) is 0.792. The van der Waals surface area contributed by atoms with Gasteiger partial charge in [0.2, 0.25) is 0 Å². The molecule has 0 spiro atoms. The fraction of sp³-hybridized carbons (Fsp3) is 0.462. The van der Waals surface area contributed by atoms with Gasteiger partial charge >= 0.3 is 0 Å². The zero-order chi connectivity index (χ0) is 12.4. The number of rotatable bonds is 1. The molecule has 2 rings (SSSR count). The van der Waals surface area contributed by atoms with Crippen LogP contribution in [0.3, 0.4) is 0 Å². The average Bonchev–Trinajstić information content (AvgIpc) is 2.28. The van der Waals surface area contributed by atoms with Crippen molar-refractivity contribution in [2.24, 2.45) is 0 Å². The molecule has 0 N–H and O–H groups in total. The average molecular weight is 314 g/mol. The second kappa shape index (κ2) is 5.44. The van der Waals surface area contributed by atoms with E-state index < -0.39 is 0 Å². The highest BCUT2D eigenvalue weighted by Gasteiger charge is 2.26. The van der Waals surface area contributed by atoms with Gasteiger partial charge in [0.25, 0.3) is 5.91 Å². The van der Waals surface area contributed by atoms with E-state index in [1.807, 2.05) is 40.9 Å². The van der Waals surface area contributed by atoms with E-state index in [2.05, 4.69) is 29.8 Å². The topological polar surface area (TPSA) is 20.3 Å². The molecule has 2 nitrogen and oxygen atoms in total. The third-order valence-corrected chi connectivity index (χ3v) is 4.55. The number of carbonyl (C=O) groups excluding carboxylic acids is 1. The normalized spacial score (nSPS) is 24.8.